The van der Waals surface area contributed by atoms with E-state index in [0.717, 1.165) is 33.7 Å². The van der Waals surface area contributed by atoms with E-state index >= 15 is 0 Å². The highest BCUT2D eigenvalue weighted by Gasteiger charge is 2.30. The molecule has 4 nitrogen and oxygen atoms in total. The van der Waals surface area contributed by atoms with Crippen LogP contribution in [0.1, 0.15) is 5.56 Å². The highest BCUT2D eigenvalue weighted by Crippen LogP contribution is 2.35. The van der Waals surface area contributed by atoms with E-state index in [0.29, 0.717) is 43.4 Å². The molecule has 0 aliphatic rings. The number of rotatable bonds is 1. The molecule has 0 aliphatic carbocycles. The van der Waals surface area contributed by atoms with Gasteiger partial charge in [0.1, 0.15) is 5.82 Å². The van der Waals surface area contributed by atoms with Crippen LogP contribution >= 0.6 is 0 Å². The van der Waals surface area contributed by atoms with Crippen molar-refractivity contribution in [2.45, 2.75) is 6.18 Å². The van der Waals surface area contributed by atoms with Crippen LogP contribution in [0.25, 0.3) is 59.2 Å². The van der Waals surface area contributed by atoms with Gasteiger partial charge in [0.15, 0.2) is 5.36 Å². The molecule has 176 valence electrons. The molecule has 0 fully saturated rings. The van der Waals surface area contributed by atoms with Crippen LogP contribution in [0.2, 0.25) is 0 Å². The van der Waals surface area contributed by atoms with Crippen LogP contribution < -0.4 is 10.7 Å². The van der Waals surface area contributed by atoms with E-state index in [1.807, 2.05) is 18.2 Å². The molecule has 0 spiro atoms. The highest BCUT2D eigenvalue weighted by molar-refractivity contribution is 6.21. The maximum atomic E-state index is 14.0. The van der Waals surface area contributed by atoms with Crippen LogP contribution in [0, 0.1) is 23.8 Å². The van der Waals surface area contributed by atoms with Crippen molar-refractivity contribution in [2.24, 2.45) is 10.1 Å². The van der Waals surface area contributed by atoms with Crippen molar-refractivity contribution in [3.05, 3.63) is 106 Å². The Hall–Kier alpha value is -5.08. The summed E-state index contributed by atoms with van der Waals surface area (Å²) in [5.41, 5.74) is 0.540. The molecule has 0 aromatic heterocycles. The molecule has 6 aromatic rings. The SMILES string of the molecule is [C-]#[N+]/N=c1/c2cc(-c3ccc(C(F)(F)F)cc3)ccc2c2cc3c(=NC#N)c4cc(F)ccc4c3cc12. The fourth-order valence-electron chi connectivity index (χ4n) is 5.01. The first kappa shape index (κ1) is 22.4. The largest absolute Gasteiger partial charge is 0.416 e. The molecule has 0 heterocycles. The van der Waals surface area contributed by atoms with Crippen molar-refractivity contribution in [1.82, 2.24) is 0 Å². The van der Waals surface area contributed by atoms with Crippen LogP contribution in [0.4, 0.5) is 17.6 Å². The van der Waals surface area contributed by atoms with Crippen LogP contribution in [0.3, 0.4) is 0 Å². The van der Waals surface area contributed by atoms with Gasteiger partial charge in [0, 0.05) is 21.5 Å². The molecular formula is C29H12F4N4. The normalized spacial score (nSPS) is 13.1. The van der Waals surface area contributed by atoms with Gasteiger partial charge in [0.05, 0.1) is 16.0 Å². The zero-order chi connectivity index (χ0) is 25.9. The Kier molecular flexibility index (Phi) is 4.82. The quantitative estimate of drug-likeness (QED) is 0.104. The number of nitriles is 1. The summed E-state index contributed by atoms with van der Waals surface area (Å²) in [6.07, 6.45) is -2.63. The van der Waals surface area contributed by atoms with Gasteiger partial charge < -0.3 is 0 Å². The van der Waals surface area contributed by atoms with Crippen molar-refractivity contribution in [3.63, 3.8) is 0 Å². The third kappa shape index (κ3) is 3.42. The summed E-state index contributed by atoms with van der Waals surface area (Å²) in [7, 11) is 0. The second kappa shape index (κ2) is 7.97. The Morgan fingerprint density at radius 1 is 0.676 bits per heavy atom. The second-order valence-electron chi connectivity index (χ2n) is 8.58. The van der Waals surface area contributed by atoms with Gasteiger partial charge in [-0.05, 0) is 75.1 Å². The third-order valence-corrected chi connectivity index (χ3v) is 6.62. The predicted octanol–water partition coefficient (Wildman–Crippen LogP) is 7.12. The average Bonchev–Trinajstić information content (AvgIpc) is 3.34. The summed E-state index contributed by atoms with van der Waals surface area (Å²) in [5.74, 6) is -0.443. The topological polar surface area (TPSA) is 52.9 Å². The summed E-state index contributed by atoms with van der Waals surface area (Å²) >= 11 is 0. The number of alkyl halides is 3. The molecule has 0 radical (unpaired) electrons. The Balaban J connectivity index is 1.67. The summed E-state index contributed by atoms with van der Waals surface area (Å²) in [5, 5.41) is 19.7. The van der Waals surface area contributed by atoms with E-state index in [1.54, 1.807) is 24.4 Å². The van der Waals surface area contributed by atoms with Crippen LogP contribution in [-0.2, 0) is 6.18 Å². The first-order valence-electron chi connectivity index (χ1n) is 11.0. The molecule has 0 bridgehead atoms. The lowest BCUT2D eigenvalue weighted by atomic mass is 10.0. The lowest BCUT2D eigenvalue weighted by Crippen LogP contribution is -2.04. The van der Waals surface area contributed by atoms with Crippen LogP contribution in [0.5, 0.6) is 0 Å². The van der Waals surface area contributed by atoms with Gasteiger partial charge in [0.2, 0.25) is 6.19 Å². The molecule has 0 saturated carbocycles. The molecule has 0 saturated heterocycles. The molecular weight excluding hydrogens is 480 g/mol. The zero-order valence-corrected chi connectivity index (χ0v) is 18.7. The number of nitrogens with zero attached hydrogens (tertiary/aromatic N) is 4. The Morgan fingerprint density at radius 3 is 1.86 bits per heavy atom. The lowest BCUT2D eigenvalue weighted by Gasteiger charge is -2.08. The number of halogens is 4. The minimum atomic E-state index is -4.42. The number of hydrogen-bond acceptors (Lipinski definition) is 3. The van der Waals surface area contributed by atoms with Crippen molar-refractivity contribution in [1.29, 1.82) is 5.26 Å². The Labute approximate surface area is 206 Å². The van der Waals surface area contributed by atoms with Crippen LogP contribution in [0.15, 0.2) is 82.9 Å². The molecule has 6 rings (SSSR count). The minimum Gasteiger partial charge on any atom is -0.207 e. The van der Waals surface area contributed by atoms with E-state index in [-0.39, 0.29) is 0 Å². The van der Waals surface area contributed by atoms with Crippen molar-refractivity contribution in [3.8, 4) is 17.3 Å². The Morgan fingerprint density at radius 2 is 1.24 bits per heavy atom. The number of benzene rings is 4. The van der Waals surface area contributed by atoms with Crippen molar-refractivity contribution < 1.29 is 17.6 Å². The smallest absolute Gasteiger partial charge is 0.207 e. The van der Waals surface area contributed by atoms with E-state index in [2.05, 4.69) is 15.0 Å². The average molecular weight is 492 g/mol. The first-order valence-corrected chi connectivity index (χ1v) is 11.0. The summed E-state index contributed by atoms with van der Waals surface area (Å²) in [4.78, 5) is 7.21. The zero-order valence-electron chi connectivity index (χ0n) is 18.7. The third-order valence-electron chi connectivity index (χ3n) is 6.62. The molecule has 0 N–H and O–H groups in total. The molecule has 8 heteroatoms. The van der Waals surface area contributed by atoms with Crippen LogP contribution in [-0.4, -0.2) is 0 Å². The van der Waals surface area contributed by atoms with Crippen molar-refractivity contribution in [2.75, 3.05) is 0 Å². The van der Waals surface area contributed by atoms with Gasteiger partial charge >= 0.3 is 6.18 Å². The molecule has 6 aromatic carbocycles. The highest BCUT2D eigenvalue weighted by atomic mass is 19.4. The van der Waals surface area contributed by atoms with Gasteiger partial charge in [-0.15, -0.1) is 4.95 Å². The summed E-state index contributed by atoms with van der Waals surface area (Å²) in [6.45, 7) is 7.36. The predicted molar refractivity (Wildman–Crippen MR) is 133 cm³/mol. The van der Waals surface area contributed by atoms with E-state index in [4.69, 9.17) is 6.57 Å². The standard InChI is InChI=1S/C29H12F4N4/c1-35-37-28-23-10-16(15-2-5-17(6-3-15)29(31,32)33)4-8-19(23)22-12-25-21(13-26(22)28)20-9-7-18(30)11-24(20)27(25)36-14-34/h2-13H/b36-27?,37-28-. The molecule has 0 atom stereocenters. The molecule has 0 unspecified atom stereocenters. The van der Waals surface area contributed by atoms with Gasteiger partial charge in [-0.25, -0.2) is 4.39 Å². The number of hydrogen-bond donors (Lipinski definition) is 0. The monoisotopic (exact) mass is 492 g/mol. The van der Waals surface area contributed by atoms with Gasteiger partial charge in [-0.1, -0.05) is 30.3 Å². The fourth-order valence-corrected chi connectivity index (χ4v) is 5.01. The fraction of sp³-hybridized carbons (Fsp3) is 0.0345. The van der Waals surface area contributed by atoms with Gasteiger partial charge in [0.25, 0.3) is 0 Å². The maximum Gasteiger partial charge on any atom is 0.416 e. The van der Waals surface area contributed by atoms with E-state index < -0.39 is 17.6 Å². The first-order chi connectivity index (χ1) is 17.8. The maximum absolute atomic E-state index is 14.0. The number of fused-ring (bicyclic) bond motifs is 6. The van der Waals surface area contributed by atoms with E-state index in [1.165, 1.54) is 24.3 Å². The Bertz CT molecular complexity index is 2100. The van der Waals surface area contributed by atoms with Crippen molar-refractivity contribution >= 4 is 43.1 Å². The lowest BCUT2D eigenvalue weighted by molar-refractivity contribution is -0.137. The molecule has 0 aliphatic heterocycles. The molecule has 37 heavy (non-hydrogen) atoms. The van der Waals surface area contributed by atoms with Gasteiger partial charge in [-0.3, -0.25) is 0 Å². The second-order valence-corrected chi connectivity index (χ2v) is 8.58. The molecule has 0 amide bonds. The summed E-state index contributed by atoms with van der Waals surface area (Å²) < 4.78 is 53.0. The minimum absolute atomic E-state index is 0.369. The summed E-state index contributed by atoms with van der Waals surface area (Å²) in [6, 6.07) is 18.4. The van der Waals surface area contributed by atoms with E-state index in [9.17, 15) is 22.8 Å². The van der Waals surface area contributed by atoms with Gasteiger partial charge in [-0.2, -0.15) is 30.0 Å².